The fourth-order valence-electron chi connectivity index (χ4n) is 1.01. The van der Waals surface area contributed by atoms with E-state index in [0.29, 0.717) is 15.4 Å². The molecule has 2 heterocycles. The van der Waals surface area contributed by atoms with Crippen LogP contribution in [0.4, 0.5) is 4.53 Å². The van der Waals surface area contributed by atoms with E-state index in [-0.39, 0.29) is 5.75 Å². The molecular weight excluding hydrogens is 262 g/mol. The molecule has 0 aromatic carbocycles. The maximum Gasteiger partial charge on any atom is 0.188 e. The molecular formula is C7H3BrClFN2O. The quantitative estimate of drug-likeness (QED) is 0.792. The van der Waals surface area contributed by atoms with E-state index in [0.717, 1.165) is 0 Å². The van der Waals surface area contributed by atoms with Crippen LogP contribution >= 0.6 is 27.5 Å². The molecule has 6 heteroatoms. The zero-order valence-corrected chi connectivity index (χ0v) is 8.51. The minimum absolute atomic E-state index is 0.0827. The van der Waals surface area contributed by atoms with Crippen LogP contribution in [0.1, 0.15) is 0 Å². The van der Waals surface area contributed by atoms with Gasteiger partial charge in [0.2, 0.25) is 0 Å². The summed E-state index contributed by atoms with van der Waals surface area (Å²) >= 11 is 9.00. The molecule has 0 N–H and O–H groups in total. The van der Waals surface area contributed by atoms with Crippen LogP contribution < -0.4 is 4.94 Å². The molecule has 0 saturated heterocycles. The first kappa shape index (κ1) is 8.77. The van der Waals surface area contributed by atoms with Crippen molar-refractivity contribution in [2.75, 3.05) is 0 Å². The first-order valence-electron chi connectivity index (χ1n) is 3.34. The van der Waals surface area contributed by atoms with Crippen LogP contribution in [-0.4, -0.2) is 9.38 Å². The van der Waals surface area contributed by atoms with Gasteiger partial charge in [0.05, 0.1) is 6.20 Å². The summed E-state index contributed by atoms with van der Waals surface area (Å²) < 4.78 is 13.8. The van der Waals surface area contributed by atoms with Gasteiger partial charge in [0, 0.05) is 4.53 Å². The summed E-state index contributed by atoms with van der Waals surface area (Å²) in [6.07, 6.45) is 1.41. The minimum atomic E-state index is 0.0827. The van der Waals surface area contributed by atoms with E-state index < -0.39 is 0 Å². The molecule has 0 fully saturated rings. The summed E-state index contributed by atoms with van der Waals surface area (Å²) in [5, 5.41) is 0.383. The highest BCUT2D eigenvalue weighted by molar-refractivity contribution is 9.10. The molecule has 2 aromatic heterocycles. The summed E-state index contributed by atoms with van der Waals surface area (Å²) in [4.78, 5) is 7.62. The van der Waals surface area contributed by atoms with Crippen molar-refractivity contribution in [2.45, 2.75) is 0 Å². The first-order valence-corrected chi connectivity index (χ1v) is 4.51. The number of fused-ring (bicyclic) bond motifs is 1. The molecule has 68 valence electrons. The van der Waals surface area contributed by atoms with Crippen LogP contribution in [0.5, 0.6) is 5.75 Å². The average molecular weight is 265 g/mol. The van der Waals surface area contributed by atoms with E-state index in [2.05, 4.69) is 25.9 Å². The molecule has 0 radical (unpaired) electrons. The molecule has 0 aliphatic rings. The van der Waals surface area contributed by atoms with Gasteiger partial charge in [0.25, 0.3) is 0 Å². The molecule has 0 atom stereocenters. The third-order valence-electron chi connectivity index (χ3n) is 1.58. The summed E-state index contributed by atoms with van der Waals surface area (Å²) in [6.45, 7) is 0. The Bertz CT molecular complexity index is 459. The normalized spacial score (nSPS) is 10.7. The predicted molar refractivity (Wildman–Crippen MR) is 49.6 cm³/mol. The lowest BCUT2D eigenvalue weighted by atomic mass is 10.4. The first-order chi connectivity index (χ1) is 6.22. The van der Waals surface area contributed by atoms with Crippen LogP contribution in [0.3, 0.4) is 0 Å². The third-order valence-corrected chi connectivity index (χ3v) is 2.73. The second-order valence-corrected chi connectivity index (χ2v) is 3.47. The molecule has 2 aromatic rings. The number of nitrogens with zero attached hydrogens (tertiary/aromatic N) is 2. The van der Waals surface area contributed by atoms with Gasteiger partial charge in [0.15, 0.2) is 5.75 Å². The van der Waals surface area contributed by atoms with E-state index in [4.69, 9.17) is 11.6 Å². The largest absolute Gasteiger partial charge is 0.293 e. The number of rotatable bonds is 1. The van der Waals surface area contributed by atoms with Crippen molar-refractivity contribution < 1.29 is 9.47 Å². The monoisotopic (exact) mass is 264 g/mol. The van der Waals surface area contributed by atoms with Gasteiger partial charge in [-0.25, -0.2) is 4.98 Å². The zero-order chi connectivity index (χ0) is 9.42. The van der Waals surface area contributed by atoms with Crippen LogP contribution in [0.15, 0.2) is 22.9 Å². The van der Waals surface area contributed by atoms with Crippen LogP contribution in [0, 0.1) is 0 Å². The third kappa shape index (κ3) is 1.38. The molecule has 0 bridgehead atoms. The van der Waals surface area contributed by atoms with Gasteiger partial charge in [-0.1, -0.05) is 11.6 Å². The Morgan fingerprint density at radius 3 is 3.00 bits per heavy atom. The Balaban J connectivity index is 2.75. The van der Waals surface area contributed by atoms with Crippen molar-refractivity contribution in [3.05, 3.63) is 28.1 Å². The Labute approximate surface area is 86.1 Å². The van der Waals surface area contributed by atoms with Gasteiger partial charge < -0.3 is 0 Å². The Kier molecular flexibility index (Phi) is 2.13. The Hall–Kier alpha value is -0.810. The highest BCUT2D eigenvalue weighted by atomic mass is 79.9. The molecule has 0 spiro atoms. The lowest BCUT2D eigenvalue weighted by Gasteiger charge is -1.96. The van der Waals surface area contributed by atoms with Gasteiger partial charge in [0.1, 0.15) is 15.4 Å². The van der Waals surface area contributed by atoms with E-state index in [9.17, 15) is 4.53 Å². The van der Waals surface area contributed by atoms with Crippen molar-refractivity contribution >= 4 is 33.2 Å². The van der Waals surface area contributed by atoms with Crippen molar-refractivity contribution in [1.29, 1.82) is 0 Å². The molecule has 13 heavy (non-hydrogen) atoms. The molecule has 0 aliphatic carbocycles. The molecule has 0 saturated carbocycles. The van der Waals surface area contributed by atoms with E-state index in [1.807, 2.05) is 0 Å². The summed E-state index contributed by atoms with van der Waals surface area (Å²) in [5.41, 5.74) is 0.623. The standard InChI is InChI=1S/C7H3BrClFN2O/c8-6-7(9)12-3-4(13-10)1-2-5(12)11-6/h1-3H. The second kappa shape index (κ2) is 3.16. The van der Waals surface area contributed by atoms with E-state index >= 15 is 0 Å². The van der Waals surface area contributed by atoms with E-state index in [1.54, 1.807) is 6.07 Å². The Morgan fingerprint density at radius 1 is 1.54 bits per heavy atom. The number of halogens is 3. The van der Waals surface area contributed by atoms with E-state index in [1.165, 1.54) is 16.7 Å². The van der Waals surface area contributed by atoms with Gasteiger partial charge in [-0.3, -0.25) is 9.34 Å². The van der Waals surface area contributed by atoms with Crippen molar-refractivity contribution in [1.82, 2.24) is 9.38 Å². The predicted octanol–water partition coefficient (Wildman–Crippen LogP) is 3.01. The topological polar surface area (TPSA) is 26.5 Å². The maximum atomic E-state index is 11.8. The molecule has 0 amide bonds. The summed E-state index contributed by atoms with van der Waals surface area (Å²) in [7, 11) is 0. The highest BCUT2D eigenvalue weighted by Crippen LogP contribution is 2.25. The van der Waals surface area contributed by atoms with Crippen LogP contribution in [0.2, 0.25) is 5.15 Å². The SMILES string of the molecule is FOc1ccc2nc(Br)c(Cl)n2c1. The van der Waals surface area contributed by atoms with Crippen LogP contribution in [0.25, 0.3) is 5.65 Å². The molecule has 3 nitrogen and oxygen atoms in total. The average Bonchev–Trinajstić information content (AvgIpc) is 2.43. The maximum absolute atomic E-state index is 11.8. The number of hydrogen-bond donors (Lipinski definition) is 0. The zero-order valence-electron chi connectivity index (χ0n) is 6.17. The van der Waals surface area contributed by atoms with Crippen molar-refractivity contribution in [3.8, 4) is 5.75 Å². The summed E-state index contributed by atoms with van der Waals surface area (Å²) in [5.74, 6) is 0.0827. The summed E-state index contributed by atoms with van der Waals surface area (Å²) in [6, 6.07) is 3.07. The minimum Gasteiger partial charge on any atom is -0.293 e. The highest BCUT2D eigenvalue weighted by Gasteiger charge is 2.07. The second-order valence-electron chi connectivity index (χ2n) is 2.36. The van der Waals surface area contributed by atoms with Crippen molar-refractivity contribution in [2.24, 2.45) is 0 Å². The smallest absolute Gasteiger partial charge is 0.188 e. The number of aromatic nitrogens is 2. The van der Waals surface area contributed by atoms with Gasteiger partial charge in [-0.15, -0.1) is 0 Å². The van der Waals surface area contributed by atoms with Crippen molar-refractivity contribution in [3.63, 3.8) is 0 Å². The molecule has 0 unspecified atom stereocenters. The number of pyridine rings is 1. The fraction of sp³-hybridized carbons (Fsp3) is 0. The number of hydrogen-bond acceptors (Lipinski definition) is 2. The lowest BCUT2D eigenvalue weighted by molar-refractivity contribution is -0.00670. The van der Waals surface area contributed by atoms with Crippen LogP contribution in [-0.2, 0) is 0 Å². The lowest BCUT2D eigenvalue weighted by Crippen LogP contribution is -1.85. The van der Waals surface area contributed by atoms with Gasteiger partial charge in [-0.2, -0.15) is 0 Å². The fourth-order valence-corrected chi connectivity index (χ4v) is 1.56. The van der Waals surface area contributed by atoms with Gasteiger partial charge in [-0.05, 0) is 28.1 Å². The molecule has 2 rings (SSSR count). The number of imidazole rings is 1. The van der Waals surface area contributed by atoms with Gasteiger partial charge >= 0.3 is 0 Å². The Morgan fingerprint density at radius 2 is 2.31 bits per heavy atom. The molecule has 0 aliphatic heterocycles.